The zero-order chi connectivity index (χ0) is 13.1. The number of halogens is 1. The molecule has 0 bridgehead atoms. The molecule has 1 aromatic carbocycles. The van der Waals surface area contributed by atoms with Crippen LogP contribution in [0, 0.1) is 11.7 Å². The Hall–Kier alpha value is -1.03. The molecule has 4 heteroatoms. The van der Waals surface area contributed by atoms with E-state index in [4.69, 9.17) is 4.74 Å². The maximum Gasteiger partial charge on any atom is 0.338 e. The van der Waals surface area contributed by atoms with Gasteiger partial charge in [0.25, 0.3) is 0 Å². The fourth-order valence-electron chi connectivity index (χ4n) is 2.21. The summed E-state index contributed by atoms with van der Waals surface area (Å²) >= 11 is 3.96. The zero-order valence-corrected chi connectivity index (χ0v) is 11.3. The summed E-state index contributed by atoms with van der Waals surface area (Å²) in [7, 11) is 0. The van der Waals surface area contributed by atoms with Gasteiger partial charge in [-0.3, -0.25) is 0 Å². The van der Waals surface area contributed by atoms with Crippen LogP contribution in [0.15, 0.2) is 23.1 Å². The van der Waals surface area contributed by atoms with Crippen molar-refractivity contribution >= 4 is 18.6 Å². The van der Waals surface area contributed by atoms with Crippen LogP contribution in [0.3, 0.4) is 0 Å². The molecule has 1 saturated carbocycles. The molecule has 18 heavy (non-hydrogen) atoms. The first-order valence-corrected chi connectivity index (χ1v) is 6.70. The maximum atomic E-state index is 13.0. The van der Waals surface area contributed by atoms with Crippen molar-refractivity contribution in [2.75, 3.05) is 0 Å². The lowest BCUT2D eigenvalue weighted by Gasteiger charge is -2.26. The first-order valence-electron chi connectivity index (χ1n) is 6.25. The fourth-order valence-corrected chi connectivity index (χ4v) is 2.42. The molecule has 1 fully saturated rings. The van der Waals surface area contributed by atoms with Crippen LogP contribution in [0.25, 0.3) is 0 Å². The van der Waals surface area contributed by atoms with Gasteiger partial charge in [-0.05, 0) is 49.8 Å². The summed E-state index contributed by atoms with van der Waals surface area (Å²) in [6.07, 6.45) is 4.03. The number of carbonyl (C=O) groups is 1. The van der Waals surface area contributed by atoms with E-state index in [0.717, 1.165) is 31.6 Å². The monoisotopic (exact) mass is 268 g/mol. The molecule has 1 aliphatic rings. The van der Waals surface area contributed by atoms with Crippen LogP contribution in [-0.2, 0) is 4.74 Å². The fraction of sp³-hybridized carbons (Fsp3) is 0.500. The third-order valence-electron chi connectivity index (χ3n) is 3.42. The van der Waals surface area contributed by atoms with Crippen LogP contribution in [0.5, 0.6) is 0 Å². The SMILES string of the molecule is CC1CCC(OC(=O)c2ccc(F)c(S)c2)CC1. The van der Waals surface area contributed by atoms with Gasteiger partial charge in [-0.25, -0.2) is 9.18 Å². The summed E-state index contributed by atoms with van der Waals surface area (Å²) < 4.78 is 18.5. The van der Waals surface area contributed by atoms with Gasteiger partial charge in [-0.1, -0.05) is 6.92 Å². The zero-order valence-electron chi connectivity index (χ0n) is 10.4. The molecule has 0 atom stereocenters. The van der Waals surface area contributed by atoms with E-state index in [-0.39, 0.29) is 17.0 Å². The highest BCUT2D eigenvalue weighted by molar-refractivity contribution is 7.80. The molecule has 1 aliphatic carbocycles. The van der Waals surface area contributed by atoms with Crippen molar-refractivity contribution in [3.8, 4) is 0 Å². The molecular weight excluding hydrogens is 251 g/mol. The molecule has 2 nitrogen and oxygen atoms in total. The Morgan fingerprint density at radius 1 is 1.33 bits per heavy atom. The maximum absolute atomic E-state index is 13.0. The highest BCUT2D eigenvalue weighted by atomic mass is 32.1. The minimum absolute atomic E-state index is 0.00196. The Bertz CT molecular complexity index is 439. The first kappa shape index (κ1) is 13.4. The topological polar surface area (TPSA) is 26.3 Å². The van der Waals surface area contributed by atoms with Gasteiger partial charge >= 0.3 is 5.97 Å². The second-order valence-corrected chi connectivity index (χ2v) is 5.44. The normalized spacial score (nSPS) is 23.7. The van der Waals surface area contributed by atoms with Gasteiger partial charge < -0.3 is 4.74 Å². The third-order valence-corrected chi connectivity index (χ3v) is 3.76. The van der Waals surface area contributed by atoms with Crippen LogP contribution < -0.4 is 0 Å². The van der Waals surface area contributed by atoms with Crippen molar-refractivity contribution < 1.29 is 13.9 Å². The number of hydrogen-bond donors (Lipinski definition) is 1. The summed E-state index contributed by atoms with van der Waals surface area (Å²) in [5, 5.41) is 0. The minimum atomic E-state index is -0.429. The van der Waals surface area contributed by atoms with Crippen molar-refractivity contribution in [2.45, 2.75) is 43.6 Å². The minimum Gasteiger partial charge on any atom is -0.459 e. The second-order valence-electron chi connectivity index (χ2n) is 4.95. The molecule has 1 aromatic rings. The van der Waals surface area contributed by atoms with Gasteiger partial charge in [0, 0.05) is 4.90 Å². The van der Waals surface area contributed by atoms with Gasteiger partial charge in [0.15, 0.2) is 0 Å². The molecule has 0 aliphatic heterocycles. The van der Waals surface area contributed by atoms with Crippen molar-refractivity contribution in [1.82, 2.24) is 0 Å². The lowest BCUT2D eigenvalue weighted by molar-refractivity contribution is 0.0173. The van der Waals surface area contributed by atoms with Crippen molar-refractivity contribution in [2.24, 2.45) is 5.92 Å². The number of thiol groups is 1. The van der Waals surface area contributed by atoms with E-state index < -0.39 is 5.82 Å². The van der Waals surface area contributed by atoms with Gasteiger partial charge in [0.1, 0.15) is 11.9 Å². The van der Waals surface area contributed by atoms with E-state index in [1.165, 1.54) is 18.2 Å². The summed E-state index contributed by atoms with van der Waals surface area (Å²) in [5.74, 6) is -0.0963. The van der Waals surface area contributed by atoms with E-state index in [0.29, 0.717) is 5.56 Å². The second kappa shape index (κ2) is 5.74. The number of hydrogen-bond acceptors (Lipinski definition) is 3. The highest BCUT2D eigenvalue weighted by Gasteiger charge is 2.22. The Morgan fingerprint density at radius 3 is 2.61 bits per heavy atom. The average Bonchev–Trinajstić information content (AvgIpc) is 2.35. The summed E-state index contributed by atoms with van der Waals surface area (Å²) in [6, 6.07) is 4.08. The summed E-state index contributed by atoms with van der Waals surface area (Å²) in [5.41, 5.74) is 0.361. The van der Waals surface area contributed by atoms with Crippen molar-refractivity contribution in [3.05, 3.63) is 29.6 Å². The van der Waals surface area contributed by atoms with Gasteiger partial charge in [-0.2, -0.15) is 0 Å². The van der Waals surface area contributed by atoms with Gasteiger partial charge in [0.05, 0.1) is 5.56 Å². The number of benzene rings is 1. The van der Waals surface area contributed by atoms with Crippen LogP contribution >= 0.6 is 12.6 Å². The lowest BCUT2D eigenvalue weighted by atomic mass is 9.89. The van der Waals surface area contributed by atoms with E-state index in [1.54, 1.807) is 0 Å². The van der Waals surface area contributed by atoms with Gasteiger partial charge in [-0.15, -0.1) is 12.6 Å². The third kappa shape index (κ3) is 3.25. The Kier molecular flexibility index (Phi) is 4.27. The molecule has 0 amide bonds. The number of rotatable bonds is 2. The Balaban J connectivity index is 1.97. The molecule has 0 aromatic heterocycles. The van der Waals surface area contributed by atoms with Crippen LogP contribution in [0.2, 0.25) is 0 Å². The van der Waals surface area contributed by atoms with E-state index in [1.807, 2.05) is 0 Å². The average molecular weight is 268 g/mol. The molecule has 0 heterocycles. The molecule has 98 valence electrons. The van der Waals surface area contributed by atoms with E-state index in [2.05, 4.69) is 19.6 Å². The molecular formula is C14H17FO2S. The molecule has 0 unspecified atom stereocenters. The first-order chi connectivity index (χ1) is 8.56. The molecule has 0 N–H and O–H groups in total. The quantitative estimate of drug-likeness (QED) is 0.651. The lowest BCUT2D eigenvalue weighted by Crippen LogP contribution is -2.23. The molecule has 0 radical (unpaired) electrons. The number of carbonyl (C=O) groups excluding carboxylic acids is 1. The van der Waals surface area contributed by atoms with Crippen molar-refractivity contribution in [3.63, 3.8) is 0 Å². The van der Waals surface area contributed by atoms with Crippen molar-refractivity contribution in [1.29, 1.82) is 0 Å². The van der Waals surface area contributed by atoms with E-state index >= 15 is 0 Å². The largest absolute Gasteiger partial charge is 0.459 e. The number of esters is 1. The van der Waals surface area contributed by atoms with Crippen LogP contribution in [0.4, 0.5) is 4.39 Å². The Labute approximate surface area is 112 Å². The highest BCUT2D eigenvalue weighted by Crippen LogP contribution is 2.26. The van der Waals surface area contributed by atoms with Crippen LogP contribution in [0.1, 0.15) is 43.0 Å². The molecule has 0 saturated heterocycles. The van der Waals surface area contributed by atoms with Gasteiger partial charge in [0.2, 0.25) is 0 Å². The predicted octanol–water partition coefficient (Wildman–Crippen LogP) is 3.85. The van der Waals surface area contributed by atoms with Crippen LogP contribution in [-0.4, -0.2) is 12.1 Å². The summed E-state index contributed by atoms with van der Waals surface area (Å²) in [4.78, 5) is 12.0. The van der Waals surface area contributed by atoms with E-state index in [9.17, 15) is 9.18 Å². The smallest absolute Gasteiger partial charge is 0.338 e. The number of ether oxygens (including phenoxy) is 1. The standard InChI is InChI=1S/C14H17FO2S/c1-9-2-5-11(6-3-9)17-14(16)10-4-7-12(15)13(18)8-10/h4,7-9,11,18H,2-3,5-6H2,1H3. The predicted molar refractivity (Wildman–Crippen MR) is 70.5 cm³/mol. The molecule has 0 spiro atoms. The molecule has 2 rings (SSSR count). The Morgan fingerprint density at radius 2 is 2.00 bits per heavy atom. The summed E-state index contributed by atoms with van der Waals surface area (Å²) in [6.45, 7) is 2.21.